The fourth-order valence-corrected chi connectivity index (χ4v) is 3.80. The topological polar surface area (TPSA) is 58.6 Å². The van der Waals surface area contributed by atoms with Gasteiger partial charge in [0.05, 0.1) is 7.11 Å². The Hall–Kier alpha value is -2.06. The van der Waals surface area contributed by atoms with Gasteiger partial charge < -0.3 is 14.5 Å². The van der Waals surface area contributed by atoms with Gasteiger partial charge in [0.1, 0.15) is 5.82 Å². The molecule has 3 aliphatic rings. The van der Waals surface area contributed by atoms with Gasteiger partial charge in [0.25, 0.3) is 0 Å². The van der Waals surface area contributed by atoms with Crippen molar-refractivity contribution in [3.05, 3.63) is 11.8 Å². The molecular weight excluding hydrogens is 337 g/mol. The molecular formula is C16H19F3N4O2. The second-order valence-electron chi connectivity index (χ2n) is 6.93. The van der Waals surface area contributed by atoms with Gasteiger partial charge >= 0.3 is 12.1 Å². The zero-order valence-corrected chi connectivity index (χ0v) is 13.8. The Labute approximate surface area is 143 Å². The third kappa shape index (κ3) is 3.00. The molecule has 0 N–H and O–H groups in total. The minimum Gasteiger partial charge on any atom is -0.469 e. The Bertz CT molecular complexity index is 680. The van der Waals surface area contributed by atoms with Crippen molar-refractivity contribution in [3.63, 3.8) is 0 Å². The summed E-state index contributed by atoms with van der Waals surface area (Å²) in [5.41, 5.74) is -0.897. The number of anilines is 2. The first kappa shape index (κ1) is 16.4. The van der Waals surface area contributed by atoms with E-state index in [1.165, 1.54) is 7.11 Å². The molecule has 2 saturated heterocycles. The number of halogens is 3. The number of esters is 1. The number of piperidine rings is 1. The summed E-state index contributed by atoms with van der Waals surface area (Å²) in [6.07, 6.45) is -3.17. The highest BCUT2D eigenvalue weighted by Gasteiger charge is 2.56. The first-order valence-electron chi connectivity index (χ1n) is 8.40. The van der Waals surface area contributed by atoms with E-state index in [0.717, 1.165) is 12.5 Å². The molecule has 0 spiro atoms. The molecule has 1 aromatic rings. The van der Waals surface area contributed by atoms with E-state index in [9.17, 15) is 18.0 Å². The average Bonchev–Trinajstić information content (AvgIpc) is 2.94. The number of alkyl halides is 3. The summed E-state index contributed by atoms with van der Waals surface area (Å²) in [6.45, 7) is 2.63. The molecule has 136 valence electrons. The third-order valence-electron chi connectivity index (χ3n) is 5.46. The molecule has 2 atom stereocenters. The fourth-order valence-electron chi connectivity index (χ4n) is 3.80. The largest absolute Gasteiger partial charge is 0.469 e. The van der Waals surface area contributed by atoms with Gasteiger partial charge in [0, 0.05) is 38.7 Å². The maximum absolute atomic E-state index is 13.2. The zero-order chi connectivity index (χ0) is 17.8. The van der Waals surface area contributed by atoms with Crippen LogP contribution >= 0.6 is 0 Å². The van der Waals surface area contributed by atoms with Gasteiger partial charge in [0.2, 0.25) is 5.95 Å². The van der Waals surface area contributed by atoms with Crippen molar-refractivity contribution in [2.24, 2.45) is 17.8 Å². The molecule has 1 aliphatic carbocycles. The molecule has 3 heterocycles. The molecule has 0 aromatic carbocycles. The van der Waals surface area contributed by atoms with Crippen LogP contribution in [0, 0.1) is 17.8 Å². The summed E-state index contributed by atoms with van der Waals surface area (Å²) in [7, 11) is 1.36. The monoisotopic (exact) mass is 356 g/mol. The molecule has 0 bridgehead atoms. The van der Waals surface area contributed by atoms with Gasteiger partial charge in [0.15, 0.2) is 5.69 Å². The van der Waals surface area contributed by atoms with Crippen LogP contribution in [0.3, 0.4) is 0 Å². The van der Waals surface area contributed by atoms with Gasteiger partial charge in [-0.05, 0) is 24.2 Å². The van der Waals surface area contributed by atoms with Crippen LogP contribution in [0.1, 0.15) is 18.5 Å². The molecule has 3 fully saturated rings. The molecule has 2 aliphatic heterocycles. The second-order valence-corrected chi connectivity index (χ2v) is 6.93. The number of carbonyl (C=O) groups excluding carboxylic acids is 1. The molecule has 1 saturated carbocycles. The van der Waals surface area contributed by atoms with Gasteiger partial charge in [-0.1, -0.05) is 0 Å². The van der Waals surface area contributed by atoms with Crippen molar-refractivity contribution in [2.45, 2.75) is 19.0 Å². The first-order valence-corrected chi connectivity index (χ1v) is 8.40. The minimum absolute atomic E-state index is 0.155. The number of fused-ring (bicyclic) bond motifs is 1. The second kappa shape index (κ2) is 5.74. The van der Waals surface area contributed by atoms with Crippen LogP contribution in [-0.2, 0) is 15.7 Å². The van der Waals surface area contributed by atoms with Crippen molar-refractivity contribution in [2.75, 3.05) is 43.1 Å². The number of ether oxygens (including phenoxy) is 1. The minimum atomic E-state index is -4.49. The molecule has 25 heavy (non-hydrogen) atoms. The maximum atomic E-state index is 13.2. The number of aromatic nitrogens is 2. The number of nitrogens with zero attached hydrogens (tertiary/aromatic N) is 4. The Morgan fingerprint density at radius 3 is 2.44 bits per heavy atom. The average molecular weight is 356 g/mol. The van der Waals surface area contributed by atoms with E-state index < -0.39 is 11.9 Å². The number of rotatable bonds is 4. The predicted molar refractivity (Wildman–Crippen MR) is 83.2 cm³/mol. The third-order valence-corrected chi connectivity index (χ3v) is 5.46. The highest BCUT2D eigenvalue weighted by molar-refractivity contribution is 5.70. The van der Waals surface area contributed by atoms with E-state index in [0.29, 0.717) is 50.3 Å². The molecule has 2 unspecified atom stereocenters. The van der Waals surface area contributed by atoms with Gasteiger partial charge in [-0.25, -0.2) is 4.98 Å². The molecule has 1 aromatic heterocycles. The lowest BCUT2D eigenvalue weighted by atomic mass is 10.2. The summed E-state index contributed by atoms with van der Waals surface area (Å²) in [5.74, 6) is 1.19. The van der Waals surface area contributed by atoms with Gasteiger partial charge in [-0.15, -0.1) is 0 Å². The van der Waals surface area contributed by atoms with Crippen LogP contribution < -0.4 is 9.80 Å². The lowest BCUT2D eigenvalue weighted by Crippen LogP contribution is -2.39. The van der Waals surface area contributed by atoms with Crippen molar-refractivity contribution in [1.82, 2.24) is 9.97 Å². The van der Waals surface area contributed by atoms with Gasteiger partial charge in [-0.3, -0.25) is 4.79 Å². The summed E-state index contributed by atoms with van der Waals surface area (Å²) in [4.78, 5) is 23.1. The van der Waals surface area contributed by atoms with Gasteiger partial charge in [-0.2, -0.15) is 18.2 Å². The van der Waals surface area contributed by atoms with Crippen molar-refractivity contribution >= 4 is 17.7 Å². The summed E-state index contributed by atoms with van der Waals surface area (Å²) >= 11 is 0. The zero-order valence-electron chi connectivity index (χ0n) is 13.8. The fraction of sp³-hybridized carbons (Fsp3) is 0.688. The normalized spacial score (nSPS) is 27.8. The number of hydrogen-bond donors (Lipinski definition) is 0. The summed E-state index contributed by atoms with van der Waals surface area (Å²) < 4.78 is 44.2. The van der Waals surface area contributed by atoms with Crippen LogP contribution in [0.15, 0.2) is 6.07 Å². The smallest absolute Gasteiger partial charge is 0.433 e. The van der Waals surface area contributed by atoms with Crippen molar-refractivity contribution in [3.8, 4) is 0 Å². The number of methoxy groups -OCH3 is 1. The van der Waals surface area contributed by atoms with Crippen LogP contribution in [0.5, 0.6) is 0 Å². The standard InChI is InChI=1S/C16H19F3N4O2/c1-25-14(24)5-9-10-7-23(8-11(9)10)13-6-12(16(17,18)19)20-15(21-13)22-3-2-4-22/h6,9-11H,2-5,7-8H2,1H3. The molecule has 9 heteroatoms. The van der Waals surface area contributed by atoms with E-state index in [1.807, 2.05) is 4.90 Å². The lowest BCUT2D eigenvalue weighted by molar-refractivity contribution is -0.142. The Balaban J connectivity index is 1.51. The Kier molecular flexibility index (Phi) is 3.77. The quantitative estimate of drug-likeness (QED) is 0.769. The SMILES string of the molecule is COC(=O)CC1C2CN(c3cc(C(F)(F)F)nc(N4CCC4)n3)CC12. The Morgan fingerprint density at radius 1 is 1.24 bits per heavy atom. The highest BCUT2D eigenvalue weighted by atomic mass is 19.4. The Morgan fingerprint density at radius 2 is 1.92 bits per heavy atom. The highest BCUT2D eigenvalue weighted by Crippen LogP contribution is 2.54. The van der Waals surface area contributed by atoms with E-state index >= 15 is 0 Å². The lowest BCUT2D eigenvalue weighted by Gasteiger charge is -2.32. The first-order chi connectivity index (χ1) is 11.9. The summed E-state index contributed by atoms with van der Waals surface area (Å²) in [6, 6.07) is 1.03. The van der Waals surface area contributed by atoms with E-state index in [4.69, 9.17) is 0 Å². The molecule has 4 rings (SSSR count). The van der Waals surface area contributed by atoms with Crippen molar-refractivity contribution in [1.29, 1.82) is 0 Å². The van der Waals surface area contributed by atoms with Crippen LogP contribution in [0.2, 0.25) is 0 Å². The van der Waals surface area contributed by atoms with E-state index in [2.05, 4.69) is 14.7 Å². The van der Waals surface area contributed by atoms with E-state index in [-0.39, 0.29) is 17.8 Å². The molecule has 0 radical (unpaired) electrons. The predicted octanol–water partition coefficient (Wildman–Crippen LogP) is 1.95. The van der Waals surface area contributed by atoms with Crippen LogP contribution in [0.4, 0.5) is 24.9 Å². The van der Waals surface area contributed by atoms with E-state index in [1.54, 1.807) is 4.90 Å². The maximum Gasteiger partial charge on any atom is 0.433 e. The van der Waals surface area contributed by atoms with Crippen molar-refractivity contribution < 1.29 is 22.7 Å². The molecule has 0 amide bonds. The van der Waals surface area contributed by atoms with Crippen LogP contribution in [-0.4, -0.2) is 49.2 Å². The number of hydrogen-bond acceptors (Lipinski definition) is 6. The summed E-state index contributed by atoms with van der Waals surface area (Å²) in [5, 5.41) is 0. The molecule has 6 nitrogen and oxygen atoms in total. The number of carbonyl (C=O) groups is 1. The van der Waals surface area contributed by atoms with Crippen LogP contribution in [0.25, 0.3) is 0 Å².